The first-order chi connectivity index (χ1) is 9.60. The normalized spacial score (nSPS) is 12.7. The Kier molecular flexibility index (Phi) is 6.51. The number of nitrogens with one attached hydrogen (secondary N) is 2. The van der Waals surface area contributed by atoms with Crippen LogP contribution in [0.5, 0.6) is 0 Å². The first-order valence-corrected chi connectivity index (χ1v) is 6.84. The van der Waals surface area contributed by atoms with Crippen molar-refractivity contribution < 1.29 is 4.39 Å². The van der Waals surface area contributed by atoms with Gasteiger partial charge in [0.2, 0.25) is 0 Å². The lowest BCUT2D eigenvalue weighted by molar-refractivity contribution is 0.606. The average molecular weight is 276 g/mol. The molecule has 0 amide bonds. The minimum Gasteiger partial charge on any atom is -0.357 e. The summed E-state index contributed by atoms with van der Waals surface area (Å²) < 4.78 is 13.7. The van der Waals surface area contributed by atoms with Crippen LogP contribution in [0.3, 0.4) is 0 Å². The van der Waals surface area contributed by atoms with Crippen molar-refractivity contribution in [2.75, 3.05) is 6.54 Å². The highest BCUT2D eigenvalue weighted by molar-refractivity contribution is 5.80. The summed E-state index contributed by atoms with van der Waals surface area (Å²) in [5.41, 5.74) is 0.863. The van der Waals surface area contributed by atoms with Gasteiger partial charge in [-0.1, -0.05) is 6.92 Å². The lowest BCUT2D eigenvalue weighted by atomic mass is 10.1. The molecule has 0 heterocycles. The van der Waals surface area contributed by atoms with E-state index in [1.165, 1.54) is 18.2 Å². The molecule has 20 heavy (non-hydrogen) atoms. The SMILES string of the molecule is CCNC(=NCc1cc(C#N)ccc1F)NC(C)CC. The molecule has 4 nitrogen and oxygen atoms in total. The Bertz CT molecular complexity index is 505. The van der Waals surface area contributed by atoms with E-state index >= 15 is 0 Å². The van der Waals surface area contributed by atoms with E-state index in [4.69, 9.17) is 5.26 Å². The van der Waals surface area contributed by atoms with Gasteiger partial charge in [0.05, 0.1) is 18.2 Å². The molecule has 0 aliphatic carbocycles. The highest BCUT2D eigenvalue weighted by atomic mass is 19.1. The van der Waals surface area contributed by atoms with E-state index in [-0.39, 0.29) is 12.4 Å². The van der Waals surface area contributed by atoms with Gasteiger partial charge in [-0.25, -0.2) is 9.38 Å². The largest absolute Gasteiger partial charge is 0.357 e. The Morgan fingerprint density at radius 2 is 2.20 bits per heavy atom. The molecule has 0 fully saturated rings. The third-order valence-corrected chi connectivity index (χ3v) is 2.92. The summed E-state index contributed by atoms with van der Waals surface area (Å²) in [6.07, 6.45) is 0.975. The molecule has 0 saturated heterocycles. The van der Waals surface area contributed by atoms with E-state index in [0.29, 0.717) is 23.1 Å². The predicted molar refractivity (Wildman–Crippen MR) is 78.8 cm³/mol. The second-order valence-corrected chi connectivity index (χ2v) is 4.57. The lowest BCUT2D eigenvalue weighted by Gasteiger charge is -2.16. The number of nitriles is 1. The van der Waals surface area contributed by atoms with E-state index in [1.807, 2.05) is 13.0 Å². The van der Waals surface area contributed by atoms with Crippen LogP contribution in [-0.4, -0.2) is 18.5 Å². The van der Waals surface area contributed by atoms with E-state index in [2.05, 4.69) is 29.5 Å². The Balaban J connectivity index is 2.83. The fourth-order valence-corrected chi connectivity index (χ4v) is 1.59. The van der Waals surface area contributed by atoms with E-state index in [0.717, 1.165) is 13.0 Å². The maximum absolute atomic E-state index is 13.7. The molecule has 1 unspecified atom stereocenters. The van der Waals surface area contributed by atoms with Crippen LogP contribution in [0, 0.1) is 17.1 Å². The Labute approximate surface area is 119 Å². The summed E-state index contributed by atoms with van der Waals surface area (Å²) in [4.78, 5) is 4.35. The van der Waals surface area contributed by atoms with Crippen molar-refractivity contribution >= 4 is 5.96 Å². The van der Waals surface area contributed by atoms with Crippen molar-refractivity contribution in [3.05, 3.63) is 35.1 Å². The molecule has 0 aliphatic heterocycles. The topological polar surface area (TPSA) is 60.2 Å². The number of aliphatic imine (C=N–C) groups is 1. The van der Waals surface area contributed by atoms with Crippen molar-refractivity contribution in [2.24, 2.45) is 4.99 Å². The van der Waals surface area contributed by atoms with Crippen LogP contribution >= 0.6 is 0 Å². The van der Waals surface area contributed by atoms with Gasteiger partial charge in [-0.2, -0.15) is 5.26 Å². The Morgan fingerprint density at radius 3 is 2.80 bits per heavy atom. The summed E-state index contributed by atoms with van der Waals surface area (Å²) in [5, 5.41) is 15.2. The second-order valence-electron chi connectivity index (χ2n) is 4.57. The molecule has 0 radical (unpaired) electrons. The van der Waals surface area contributed by atoms with Crippen LogP contribution in [0.15, 0.2) is 23.2 Å². The van der Waals surface area contributed by atoms with Gasteiger partial charge in [0.25, 0.3) is 0 Å². The Morgan fingerprint density at radius 1 is 1.45 bits per heavy atom. The van der Waals surface area contributed by atoms with E-state index < -0.39 is 0 Å². The lowest BCUT2D eigenvalue weighted by Crippen LogP contribution is -2.41. The van der Waals surface area contributed by atoms with Crippen molar-refractivity contribution in [2.45, 2.75) is 39.8 Å². The summed E-state index contributed by atoms with van der Waals surface area (Å²) in [6, 6.07) is 6.60. The molecule has 5 heteroatoms. The maximum atomic E-state index is 13.7. The van der Waals surface area contributed by atoms with Gasteiger partial charge in [0, 0.05) is 18.2 Å². The summed E-state index contributed by atoms with van der Waals surface area (Å²) >= 11 is 0. The zero-order chi connectivity index (χ0) is 15.0. The maximum Gasteiger partial charge on any atom is 0.191 e. The molecule has 0 spiro atoms. The van der Waals surface area contributed by atoms with Crippen molar-refractivity contribution in [1.29, 1.82) is 5.26 Å². The van der Waals surface area contributed by atoms with E-state index in [1.54, 1.807) is 0 Å². The van der Waals surface area contributed by atoms with Gasteiger partial charge in [-0.05, 0) is 38.5 Å². The van der Waals surface area contributed by atoms with Crippen molar-refractivity contribution in [3.63, 3.8) is 0 Å². The number of benzene rings is 1. The third kappa shape index (κ3) is 4.88. The molecule has 0 saturated carbocycles. The highest BCUT2D eigenvalue weighted by Crippen LogP contribution is 2.11. The third-order valence-electron chi connectivity index (χ3n) is 2.92. The second kappa shape index (κ2) is 8.16. The monoisotopic (exact) mass is 276 g/mol. The molecule has 1 aromatic carbocycles. The fourth-order valence-electron chi connectivity index (χ4n) is 1.59. The van der Waals surface area contributed by atoms with Gasteiger partial charge in [-0.15, -0.1) is 0 Å². The molecule has 1 atom stereocenters. The fraction of sp³-hybridized carbons (Fsp3) is 0.467. The van der Waals surface area contributed by atoms with Crippen LogP contribution in [0.1, 0.15) is 38.3 Å². The quantitative estimate of drug-likeness (QED) is 0.642. The zero-order valence-electron chi connectivity index (χ0n) is 12.2. The first kappa shape index (κ1) is 16.0. The standard InChI is InChI=1S/C15H21FN4/c1-4-11(3)20-15(18-5-2)19-10-13-8-12(9-17)6-7-14(13)16/h6-8,11H,4-5,10H2,1-3H3,(H2,18,19,20). The van der Waals surface area contributed by atoms with Gasteiger partial charge in [-0.3, -0.25) is 0 Å². The van der Waals surface area contributed by atoms with Gasteiger partial charge in [0.15, 0.2) is 5.96 Å². The first-order valence-electron chi connectivity index (χ1n) is 6.84. The molecular formula is C15H21FN4. The molecule has 2 N–H and O–H groups in total. The Hall–Kier alpha value is -2.09. The van der Waals surface area contributed by atoms with Gasteiger partial charge in [0.1, 0.15) is 5.82 Å². The van der Waals surface area contributed by atoms with Crippen LogP contribution in [0.2, 0.25) is 0 Å². The number of hydrogen-bond donors (Lipinski definition) is 2. The number of nitrogens with zero attached hydrogens (tertiary/aromatic N) is 2. The molecule has 0 bridgehead atoms. The molecule has 1 aromatic rings. The molecule has 0 aromatic heterocycles. The minimum absolute atomic E-state index is 0.202. The summed E-state index contributed by atoms with van der Waals surface area (Å²) in [5.74, 6) is 0.316. The number of hydrogen-bond acceptors (Lipinski definition) is 2. The summed E-state index contributed by atoms with van der Waals surface area (Å²) in [6.45, 7) is 7.06. The predicted octanol–water partition coefficient (Wildman–Crippen LogP) is 2.55. The van der Waals surface area contributed by atoms with Crippen molar-refractivity contribution in [3.8, 4) is 6.07 Å². The number of rotatable bonds is 5. The number of halogens is 1. The van der Waals surface area contributed by atoms with Crippen LogP contribution in [0.25, 0.3) is 0 Å². The average Bonchev–Trinajstić information content (AvgIpc) is 2.46. The highest BCUT2D eigenvalue weighted by Gasteiger charge is 2.05. The van der Waals surface area contributed by atoms with Gasteiger partial charge >= 0.3 is 0 Å². The molecular weight excluding hydrogens is 255 g/mol. The van der Waals surface area contributed by atoms with Gasteiger partial charge < -0.3 is 10.6 Å². The molecule has 108 valence electrons. The zero-order valence-corrected chi connectivity index (χ0v) is 12.2. The van der Waals surface area contributed by atoms with Crippen LogP contribution in [0.4, 0.5) is 4.39 Å². The van der Waals surface area contributed by atoms with Crippen LogP contribution in [-0.2, 0) is 6.54 Å². The van der Waals surface area contributed by atoms with Crippen molar-refractivity contribution in [1.82, 2.24) is 10.6 Å². The molecule has 0 aliphatic rings. The smallest absolute Gasteiger partial charge is 0.191 e. The number of guanidine groups is 1. The van der Waals surface area contributed by atoms with E-state index in [9.17, 15) is 4.39 Å². The minimum atomic E-state index is -0.341. The van der Waals surface area contributed by atoms with Crippen LogP contribution < -0.4 is 10.6 Å². The summed E-state index contributed by atoms with van der Waals surface area (Å²) in [7, 11) is 0. The molecule has 1 rings (SSSR count).